The van der Waals surface area contributed by atoms with Crippen LogP contribution in [0.3, 0.4) is 0 Å². The molecule has 0 aromatic heterocycles. The Bertz CT molecular complexity index is 460. The molecule has 0 heterocycles. The van der Waals surface area contributed by atoms with Crippen molar-refractivity contribution in [2.24, 2.45) is 5.92 Å². The average molecular weight is 268 g/mol. The lowest BCUT2D eigenvalue weighted by Crippen LogP contribution is -2.21. The molecule has 1 aromatic rings. The van der Waals surface area contributed by atoms with Crippen molar-refractivity contribution in [2.45, 2.75) is 19.8 Å². The Labute approximate surface area is 112 Å². The van der Waals surface area contributed by atoms with Gasteiger partial charge < -0.3 is 15.2 Å². The Hall–Kier alpha value is -1.82. The summed E-state index contributed by atoms with van der Waals surface area (Å²) < 4.78 is 5.01. The molecule has 0 radical (unpaired) electrons. The smallest absolute Gasteiger partial charge is 0.314 e. The average Bonchev–Trinajstić information content (AvgIpc) is 2.35. The zero-order valence-electron chi connectivity index (χ0n) is 11.6. The maximum atomic E-state index is 11.0. The molecule has 0 amide bonds. The summed E-state index contributed by atoms with van der Waals surface area (Å²) in [5.74, 6) is 0.119. The van der Waals surface area contributed by atoms with E-state index in [2.05, 4.69) is 5.32 Å². The number of ether oxygens (including phenoxy) is 1. The molecule has 2 N–H and O–H groups in total. The fraction of sp³-hybridized carbons (Fsp3) is 0.538. The number of hydrogen-bond acceptors (Lipinski definition) is 5. The predicted octanol–water partition coefficient (Wildman–Crippen LogP) is 2.27. The predicted molar refractivity (Wildman–Crippen MR) is 72.8 cm³/mol. The van der Waals surface area contributed by atoms with E-state index < -0.39 is 10.7 Å². The molecule has 0 spiro atoms. The highest BCUT2D eigenvalue weighted by Crippen LogP contribution is 2.40. The van der Waals surface area contributed by atoms with Crippen LogP contribution in [0.5, 0.6) is 11.5 Å². The molecule has 1 rings (SSSR count). The molecule has 19 heavy (non-hydrogen) atoms. The first kappa shape index (κ1) is 15.2. The summed E-state index contributed by atoms with van der Waals surface area (Å²) in [6.45, 7) is 4.79. The van der Waals surface area contributed by atoms with Gasteiger partial charge in [0.05, 0.1) is 12.0 Å². The van der Waals surface area contributed by atoms with Crippen LogP contribution in [0.4, 0.5) is 5.69 Å². The molecule has 0 aliphatic carbocycles. The lowest BCUT2D eigenvalue weighted by atomic mass is 9.88. The molecule has 0 aliphatic heterocycles. The number of benzene rings is 1. The van der Waals surface area contributed by atoms with Gasteiger partial charge in [-0.3, -0.25) is 10.1 Å². The fourth-order valence-corrected chi connectivity index (χ4v) is 2.08. The van der Waals surface area contributed by atoms with Crippen molar-refractivity contribution < 1.29 is 14.8 Å². The Morgan fingerprint density at radius 1 is 1.47 bits per heavy atom. The van der Waals surface area contributed by atoms with Gasteiger partial charge in [-0.1, -0.05) is 13.8 Å². The summed E-state index contributed by atoms with van der Waals surface area (Å²) in [6.07, 6.45) is 0. The molecule has 1 unspecified atom stereocenters. The standard InChI is InChI=1S/C13H20N2O4/c1-8(2)10(7-14-3)9-5-11(15(17)18)13(16)12(6-9)19-4/h5-6,8,10,14,16H,7H2,1-4H3. The van der Waals surface area contributed by atoms with E-state index in [0.717, 1.165) is 5.56 Å². The molecule has 6 heteroatoms. The Morgan fingerprint density at radius 3 is 2.53 bits per heavy atom. The minimum Gasteiger partial charge on any atom is -0.500 e. The first-order valence-corrected chi connectivity index (χ1v) is 6.12. The van der Waals surface area contributed by atoms with Gasteiger partial charge in [-0.15, -0.1) is 0 Å². The zero-order valence-corrected chi connectivity index (χ0v) is 11.6. The van der Waals surface area contributed by atoms with Crippen LogP contribution in [0.2, 0.25) is 0 Å². The number of hydrogen-bond donors (Lipinski definition) is 2. The number of methoxy groups -OCH3 is 1. The number of aromatic hydroxyl groups is 1. The third-order valence-corrected chi connectivity index (χ3v) is 3.15. The van der Waals surface area contributed by atoms with Crippen molar-refractivity contribution in [1.29, 1.82) is 0 Å². The molecule has 0 aliphatic rings. The highest BCUT2D eigenvalue weighted by Gasteiger charge is 2.24. The number of nitro groups is 1. The van der Waals surface area contributed by atoms with Crippen molar-refractivity contribution in [1.82, 2.24) is 5.32 Å². The van der Waals surface area contributed by atoms with Gasteiger partial charge in [0.25, 0.3) is 0 Å². The quantitative estimate of drug-likeness (QED) is 0.610. The summed E-state index contributed by atoms with van der Waals surface area (Å²) in [4.78, 5) is 10.4. The summed E-state index contributed by atoms with van der Waals surface area (Å²) in [5, 5.41) is 23.8. The van der Waals surface area contributed by atoms with Crippen LogP contribution in [0.25, 0.3) is 0 Å². The van der Waals surface area contributed by atoms with Crippen LogP contribution >= 0.6 is 0 Å². The van der Waals surface area contributed by atoms with E-state index in [1.54, 1.807) is 6.07 Å². The lowest BCUT2D eigenvalue weighted by Gasteiger charge is -2.21. The molecular weight excluding hydrogens is 248 g/mol. The highest BCUT2D eigenvalue weighted by molar-refractivity contribution is 5.57. The van der Waals surface area contributed by atoms with E-state index in [9.17, 15) is 15.2 Å². The van der Waals surface area contributed by atoms with Crippen LogP contribution < -0.4 is 10.1 Å². The van der Waals surface area contributed by atoms with Gasteiger partial charge in [0.1, 0.15) is 0 Å². The molecule has 106 valence electrons. The van der Waals surface area contributed by atoms with E-state index in [1.165, 1.54) is 13.2 Å². The first-order valence-electron chi connectivity index (χ1n) is 6.12. The van der Waals surface area contributed by atoms with Gasteiger partial charge in [0, 0.05) is 12.6 Å². The van der Waals surface area contributed by atoms with Gasteiger partial charge in [-0.25, -0.2) is 0 Å². The van der Waals surface area contributed by atoms with Crippen molar-refractivity contribution in [3.05, 3.63) is 27.8 Å². The van der Waals surface area contributed by atoms with Gasteiger partial charge in [-0.2, -0.15) is 0 Å². The largest absolute Gasteiger partial charge is 0.500 e. The number of nitrogens with zero attached hydrogens (tertiary/aromatic N) is 1. The van der Waals surface area contributed by atoms with Crippen LogP contribution in [-0.4, -0.2) is 30.7 Å². The molecule has 1 atom stereocenters. The summed E-state index contributed by atoms with van der Waals surface area (Å²) >= 11 is 0. The molecule has 0 saturated heterocycles. The van der Waals surface area contributed by atoms with E-state index >= 15 is 0 Å². The number of nitrogens with one attached hydrogen (secondary N) is 1. The zero-order chi connectivity index (χ0) is 14.6. The Kier molecular flexibility index (Phi) is 5.11. The number of phenols is 1. The molecule has 1 aromatic carbocycles. The summed E-state index contributed by atoms with van der Waals surface area (Å²) in [5.41, 5.74) is 0.460. The van der Waals surface area contributed by atoms with Crippen LogP contribution in [0.15, 0.2) is 12.1 Å². The second kappa shape index (κ2) is 6.38. The van der Waals surface area contributed by atoms with Crippen LogP contribution in [0, 0.1) is 16.0 Å². The van der Waals surface area contributed by atoms with Crippen LogP contribution in [0.1, 0.15) is 25.3 Å². The van der Waals surface area contributed by atoms with E-state index in [-0.39, 0.29) is 17.4 Å². The van der Waals surface area contributed by atoms with Crippen molar-refractivity contribution in [3.8, 4) is 11.5 Å². The number of likely N-dealkylation sites (N-methyl/N-ethyl adjacent to an activating group) is 1. The third kappa shape index (κ3) is 3.35. The molecule has 6 nitrogen and oxygen atoms in total. The second-order valence-corrected chi connectivity index (χ2v) is 4.76. The third-order valence-electron chi connectivity index (χ3n) is 3.15. The normalized spacial score (nSPS) is 12.5. The Balaban J connectivity index is 3.34. The van der Waals surface area contributed by atoms with E-state index in [1.807, 2.05) is 20.9 Å². The maximum absolute atomic E-state index is 11.0. The molecule has 0 saturated carbocycles. The van der Waals surface area contributed by atoms with Crippen molar-refractivity contribution in [2.75, 3.05) is 20.7 Å². The van der Waals surface area contributed by atoms with Crippen LogP contribution in [-0.2, 0) is 0 Å². The topological polar surface area (TPSA) is 84.6 Å². The second-order valence-electron chi connectivity index (χ2n) is 4.76. The van der Waals surface area contributed by atoms with Gasteiger partial charge in [0.15, 0.2) is 5.75 Å². The maximum Gasteiger partial charge on any atom is 0.314 e. The van der Waals surface area contributed by atoms with Gasteiger partial charge in [0.2, 0.25) is 5.75 Å². The molecule has 0 fully saturated rings. The monoisotopic (exact) mass is 268 g/mol. The highest BCUT2D eigenvalue weighted by atomic mass is 16.6. The van der Waals surface area contributed by atoms with Crippen molar-refractivity contribution >= 4 is 5.69 Å². The Morgan fingerprint density at radius 2 is 2.11 bits per heavy atom. The number of phenolic OH excluding ortho intramolecular Hbond substituents is 1. The van der Waals surface area contributed by atoms with E-state index in [0.29, 0.717) is 12.5 Å². The minimum absolute atomic E-state index is 0.109. The summed E-state index contributed by atoms with van der Waals surface area (Å²) in [6, 6.07) is 3.07. The number of nitro benzene ring substituents is 1. The molecular formula is C13H20N2O4. The van der Waals surface area contributed by atoms with Crippen molar-refractivity contribution in [3.63, 3.8) is 0 Å². The SMILES string of the molecule is CNCC(c1cc(OC)c(O)c([N+](=O)[O-])c1)C(C)C. The van der Waals surface area contributed by atoms with Gasteiger partial charge in [-0.05, 0) is 30.5 Å². The minimum atomic E-state index is -0.599. The van der Waals surface area contributed by atoms with E-state index in [4.69, 9.17) is 4.74 Å². The number of rotatable bonds is 6. The lowest BCUT2D eigenvalue weighted by molar-refractivity contribution is -0.386. The fourth-order valence-electron chi connectivity index (χ4n) is 2.08. The summed E-state index contributed by atoms with van der Waals surface area (Å²) in [7, 11) is 3.21. The first-order chi connectivity index (χ1) is 8.92. The molecule has 0 bridgehead atoms. The van der Waals surface area contributed by atoms with Gasteiger partial charge >= 0.3 is 5.69 Å².